The van der Waals surface area contributed by atoms with Crippen molar-refractivity contribution < 1.29 is 9.13 Å². The number of aryl methyl sites for hydroxylation is 4. The number of benzene rings is 4. The molecule has 4 nitrogen and oxygen atoms in total. The lowest BCUT2D eigenvalue weighted by Crippen LogP contribution is -2.53. The van der Waals surface area contributed by atoms with Crippen LogP contribution in [0.5, 0.6) is 0 Å². The van der Waals surface area contributed by atoms with Crippen LogP contribution in [0.1, 0.15) is 60.0 Å². The number of hydrogen-bond acceptors (Lipinski definition) is 0. The van der Waals surface area contributed by atoms with E-state index in [1.807, 2.05) is 0 Å². The molecular formula is C36H38N4+2. The monoisotopic (exact) mass is 526 g/mol. The standard InChI is InChI=1S/C36H38N4/c1-25-15-19-29(20-16-25)37-23-39(35-27(3)9-7-13-33(35)37)31-11-5-6-12-32(31)40-24-38(30-21-17-26(2)18-22-30)34-14-8-10-28(4)36(34)40/h7-10,13-24,31-32H,5-6,11-12H2,1-4H3/q+2/t31-,32-/m1/s1. The molecule has 6 aromatic rings. The van der Waals surface area contributed by atoms with E-state index in [-0.39, 0.29) is 0 Å². The molecule has 1 aliphatic carbocycles. The Labute approximate surface area is 236 Å². The zero-order valence-electron chi connectivity index (χ0n) is 24.0. The van der Waals surface area contributed by atoms with Crippen molar-refractivity contribution in [1.29, 1.82) is 0 Å². The predicted octanol–water partition coefficient (Wildman–Crippen LogP) is 7.74. The molecule has 1 aliphatic rings. The van der Waals surface area contributed by atoms with Gasteiger partial charge in [-0.1, -0.05) is 59.7 Å². The lowest BCUT2D eigenvalue weighted by molar-refractivity contribution is -0.798. The van der Waals surface area contributed by atoms with E-state index in [1.54, 1.807) is 0 Å². The minimum Gasteiger partial charge on any atom is -0.222 e. The molecule has 2 atom stereocenters. The summed E-state index contributed by atoms with van der Waals surface area (Å²) >= 11 is 0. The first-order valence-electron chi connectivity index (χ1n) is 14.7. The van der Waals surface area contributed by atoms with Gasteiger partial charge in [-0.25, -0.2) is 9.13 Å². The van der Waals surface area contributed by atoms with Crippen LogP contribution in [-0.4, -0.2) is 9.13 Å². The normalized spacial score (nSPS) is 17.6. The van der Waals surface area contributed by atoms with Gasteiger partial charge in [0, 0.05) is 11.1 Å². The second-order valence-corrected chi connectivity index (χ2v) is 11.8. The lowest BCUT2D eigenvalue weighted by Gasteiger charge is -2.27. The van der Waals surface area contributed by atoms with Crippen molar-refractivity contribution in [3.63, 3.8) is 0 Å². The Bertz CT molecular complexity index is 1700. The maximum absolute atomic E-state index is 2.61. The van der Waals surface area contributed by atoms with E-state index in [2.05, 4.69) is 144 Å². The molecule has 40 heavy (non-hydrogen) atoms. The van der Waals surface area contributed by atoms with Crippen LogP contribution in [0.15, 0.2) is 97.6 Å². The maximum atomic E-state index is 2.61. The van der Waals surface area contributed by atoms with Gasteiger partial charge in [-0.05, 0) is 89.8 Å². The topological polar surface area (TPSA) is 17.6 Å². The van der Waals surface area contributed by atoms with Crippen molar-refractivity contribution in [2.45, 2.75) is 65.5 Å². The quantitative estimate of drug-likeness (QED) is 0.209. The first kappa shape index (κ1) is 24.8. The third-order valence-corrected chi connectivity index (χ3v) is 8.98. The van der Waals surface area contributed by atoms with E-state index < -0.39 is 0 Å². The number of aromatic nitrogens is 4. The predicted molar refractivity (Wildman–Crippen MR) is 162 cm³/mol. The molecule has 4 aromatic carbocycles. The molecule has 0 saturated heterocycles. The highest BCUT2D eigenvalue weighted by Gasteiger charge is 2.39. The zero-order chi connectivity index (χ0) is 27.4. The highest BCUT2D eigenvalue weighted by molar-refractivity contribution is 5.78. The number of fused-ring (bicyclic) bond motifs is 2. The number of nitrogens with zero attached hydrogens (tertiary/aromatic N) is 4. The molecule has 2 aromatic heterocycles. The minimum atomic E-state index is 0.366. The van der Waals surface area contributed by atoms with Gasteiger partial charge in [0.2, 0.25) is 12.7 Å². The number of para-hydroxylation sites is 2. The van der Waals surface area contributed by atoms with Crippen LogP contribution in [0.2, 0.25) is 0 Å². The molecule has 2 heterocycles. The third-order valence-electron chi connectivity index (χ3n) is 8.98. The first-order chi connectivity index (χ1) is 19.5. The van der Waals surface area contributed by atoms with Crippen LogP contribution >= 0.6 is 0 Å². The second kappa shape index (κ2) is 9.78. The summed E-state index contributed by atoms with van der Waals surface area (Å²) in [5.74, 6) is 0. The zero-order valence-corrected chi connectivity index (χ0v) is 24.0. The minimum absolute atomic E-state index is 0.366. The molecule has 0 aliphatic heterocycles. The molecule has 1 saturated carbocycles. The second-order valence-electron chi connectivity index (χ2n) is 11.8. The molecule has 1 fully saturated rings. The van der Waals surface area contributed by atoms with Gasteiger partial charge in [-0.2, -0.15) is 9.13 Å². The summed E-state index contributed by atoms with van der Waals surface area (Å²) in [6.45, 7) is 8.83. The summed E-state index contributed by atoms with van der Waals surface area (Å²) in [4.78, 5) is 0. The van der Waals surface area contributed by atoms with Crippen molar-refractivity contribution in [3.05, 3.63) is 120 Å². The largest absolute Gasteiger partial charge is 0.250 e. The number of hydrogen-bond donors (Lipinski definition) is 0. The van der Waals surface area contributed by atoms with Gasteiger partial charge in [0.1, 0.15) is 23.5 Å². The summed E-state index contributed by atoms with van der Waals surface area (Å²) in [5, 5.41) is 0. The summed E-state index contributed by atoms with van der Waals surface area (Å²) in [6.07, 6.45) is 9.61. The molecule has 0 amide bonds. The molecule has 0 radical (unpaired) electrons. The van der Waals surface area contributed by atoms with Crippen molar-refractivity contribution in [2.75, 3.05) is 0 Å². The average molecular weight is 527 g/mol. The Balaban J connectivity index is 1.42. The van der Waals surface area contributed by atoms with Crippen LogP contribution in [0.3, 0.4) is 0 Å². The molecular weight excluding hydrogens is 488 g/mol. The van der Waals surface area contributed by atoms with E-state index in [9.17, 15) is 0 Å². The highest BCUT2D eigenvalue weighted by atomic mass is 15.2. The molecule has 0 spiro atoms. The number of rotatable bonds is 4. The molecule has 0 N–H and O–H groups in total. The molecule has 4 heteroatoms. The van der Waals surface area contributed by atoms with Crippen molar-refractivity contribution in [2.24, 2.45) is 0 Å². The van der Waals surface area contributed by atoms with Gasteiger partial charge in [-0.3, -0.25) is 0 Å². The fourth-order valence-corrected chi connectivity index (χ4v) is 6.90. The SMILES string of the molecule is Cc1ccc(-n2c[n+]([C@@H]3CCCC[C@H]3[n+]3cn(-c4ccc(C)cc4)c4cccc(C)c43)c3c(C)cccc32)cc1. The van der Waals surface area contributed by atoms with E-state index in [0.29, 0.717) is 12.1 Å². The third kappa shape index (κ3) is 4.05. The summed E-state index contributed by atoms with van der Waals surface area (Å²) in [5.41, 5.74) is 12.9. The van der Waals surface area contributed by atoms with Crippen molar-refractivity contribution in [1.82, 2.24) is 9.13 Å². The van der Waals surface area contributed by atoms with Gasteiger partial charge in [-0.15, -0.1) is 0 Å². The van der Waals surface area contributed by atoms with Gasteiger partial charge in [0.25, 0.3) is 0 Å². The molecule has 0 bridgehead atoms. The molecule has 200 valence electrons. The maximum Gasteiger partial charge on any atom is 0.250 e. The Morgan fingerprint density at radius 2 is 0.925 bits per heavy atom. The highest BCUT2D eigenvalue weighted by Crippen LogP contribution is 2.35. The molecule has 7 rings (SSSR count). The van der Waals surface area contributed by atoms with Crippen LogP contribution in [0, 0.1) is 27.7 Å². The van der Waals surface area contributed by atoms with Gasteiger partial charge in [0.05, 0.1) is 0 Å². The smallest absolute Gasteiger partial charge is 0.222 e. The lowest BCUT2D eigenvalue weighted by atomic mass is 9.89. The van der Waals surface area contributed by atoms with Crippen LogP contribution in [-0.2, 0) is 0 Å². The Morgan fingerprint density at radius 1 is 0.525 bits per heavy atom. The average Bonchev–Trinajstić information content (AvgIpc) is 3.55. The van der Waals surface area contributed by atoms with Gasteiger partial charge >= 0.3 is 0 Å². The van der Waals surface area contributed by atoms with Crippen molar-refractivity contribution >= 4 is 22.1 Å². The van der Waals surface area contributed by atoms with Gasteiger partial charge < -0.3 is 0 Å². The summed E-state index contributed by atoms with van der Waals surface area (Å²) < 4.78 is 9.99. The number of imidazole rings is 2. The van der Waals surface area contributed by atoms with E-state index in [1.165, 1.54) is 81.4 Å². The fourth-order valence-electron chi connectivity index (χ4n) is 6.90. The van der Waals surface area contributed by atoms with Gasteiger partial charge in [0.15, 0.2) is 22.1 Å². The van der Waals surface area contributed by atoms with Crippen LogP contribution < -0.4 is 9.13 Å². The fraction of sp³-hybridized carbons (Fsp3) is 0.278. The first-order valence-corrected chi connectivity index (χ1v) is 14.7. The van der Waals surface area contributed by atoms with Crippen molar-refractivity contribution in [3.8, 4) is 11.4 Å². The Kier molecular flexibility index (Phi) is 6.07. The van der Waals surface area contributed by atoms with E-state index in [0.717, 1.165) is 0 Å². The summed E-state index contributed by atoms with van der Waals surface area (Å²) in [7, 11) is 0. The van der Waals surface area contributed by atoms with E-state index in [4.69, 9.17) is 0 Å². The Hall–Kier alpha value is -4.18. The van der Waals surface area contributed by atoms with Crippen LogP contribution in [0.4, 0.5) is 0 Å². The summed E-state index contributed by atoms with van der Waals surface area (Å²) in [6, 6.07) is 32.0. The van der Waals surface area contributed by atoms with Crippen LogP contribution in [0.25, 0.3) is 33.4 Å². The van der Waals surface area contributed by atoms with E-state index >= 15 is 0 Å². The molecule has 0 unspecified atom stereocenters. The Morgan fingerprint density at radius 3 is 1.32 bits per heavy atom.